The lowest BCUT2D eigenvalue weighted by Crippen LogP contribution is -2.32. The van der Waals surface area contributed by atoms with Gasteiger partial charge in [-0.3, -0.25) is 10.1 Å². The molecule has 3 rings (SSSR count). The van der Waals surface area contributed by atoms with Gasteiger partial charge in [-0.15, -0.1) is 0 Å². The summed E-state index contributed by atoms with van der Waals surface area (Å²) in [7, 11) is 0. The Morgan fingerprint density at radius 3 is 2.67 bits per heavy atom. The van der Waals surface area contributed by atoms with Crippen LogP contribution in [0.4, 0.5) is 20.3 Å². The Kier molecular flexibility index (Phi) is 5.46. The molecule has 0 bridgehead atoms. The second kappa shape index (κ2) is 7.96. The Balaban J connectivity index is 1.70. The van der Waals surface area contributed by atoms with Gasteiger partial charge in [-0.25, -0.2) is 13.8 Å². The van der Waals surface area contributed by atoms with Gasteiger partial charge in [-0.1, -0.05) is 17.4 Å². The van der Waals surface area contributed by atoms with E-state index in [1.54, 1.807) is 19.1 Å². The van der Waals surface area contributed by atoms with Gasteiger partial charge in [0.25, 0.3) is 0 Å². The number of hydrogen-bond donors (Lipinski definition) is 0. The highest BCUT2D eigenvalue weighted by atomic mass is 19.1. The zero-order valence-electron chi connectivity index (χ0n) is 14.7. The highest BCUT2D eigenvalue weighted by Gasteiger charge is 2.23. The fourth-order valence-electron chi connectivity index (χ4n) is 2.87. The molecule has 0 saturated carbocycles. The smallest absolute Gasteiger partial charge is 0.311 e. The molecular formula is C20H17F2N3O2. The monoisotopic (exact) mass is 369 g/mol. The van der Waals surface area contributed by atoms with Crippen LogP contribution in [0.1, 0.15) is 24.1 Å². The fourth-order valence-corrected chi connectivity index (χ4v) is 2.87. The molecule has 0 radical (unpaired) electrons. The number of nitrogens with zero attached hydrogens (tertiary/aromatic N) is 3. The van der Waals surface area contributed by atoms with Gasteiger partial charge in [-0.2, -0.15) is 0 Å². The largest absolute Gasteiger partial charge is 0.350 e. The van der Waals surface area contributed by atoms with E-state index in [0.717, 1.165) is 29.5 Å². The first-order chi connectivity index (χ1) is 12.9. The van der Waals surface area contributed by atoms with Crippen molar-refractivity contribution in [1.82, 2.24) is 4.98 Å². The minimum absolute atomic E-state index is 0.00518. The first kappa shape index (κ1) is 18.5. The number of nitro groups is 1. The Labute approximate surface area is 155 Å². The minimum Gasteiger partial charge on any atom is -0.350 e. The Bertz CT molecular complexity index is 967. The van der Waals surface area contributed by atoms with Gasteiger partial charge in [0.15, 0.2) is 0 Å². The number of benzene rings is 1. The SMILES string of the molecule is Cc1ccc([N+](=O)[O-])c(N2CCC(=CC#Cc3cc(F)ccc3F)CC2)n1. The van der Waals surface area contributed by atoms with Crippen molar-refractivity contribution in [2.45, 2.75) is 19.8 Å². The second-order valence-corrected chi connectivity index (χ2v) is 6.24. The van der Waals surface area contributed by atoms with Crippen molar-refractivity contribution in [2.24, 2.45) is 0 Å². The third-order valence-corrected chi connectivity index (χ3v) is 4.31. The molecule has 5 nitrogen and oxygen atoms in total. The minimum atomic E-state index is -0.560. The average Bonchev–Trinajstić information content (AvgIpc) is 2.65. The van der Waals surface area contributed by atoms with Gasteiger partial charge in [0.1, 0.15) is 11.6 Å². The molecule has 1 aliphatic heterocycles. The third kappa shape index (κ3) is 4.47. The van der Waals surface area contributed by atoms with E-state index in [1.807, 2.05) is 4.90 Å². The molecule has 2 heterocycles. The number of piperidine rings is 1. The van der Waals surface area contributed by atoms with Gasteiger partial charge < -0.3 is 4.90 Å². The summed E-state index contributed by atoms with van der Waals surface area (Å²) in [6, 6.07) is 6.26. The molecule has 0 unspecified atom stereocenters. The highest BCUT2D eigenvalue weighted by Crippen LogP contribution is 2.29. The fraction of sp³-hybridized carbons (Fsp3) is 0.250. The molecule has 2 aromatic rings. The summed E-state index contributed by atoms with van der Waals surface area (Å²) in [4.78, 5) is 17.0. The summed E-state index contributed by atoms with van der Waals surface area (Å²) in [5, 5.41) is 11.2. The predicted octanol–water partition coefficient (Wildman–Crippen LogP) is 4.15. The summed E-state index contributed by atoms with van der Waals surface area (Å²) in [5.41, 5.74) is 1.80. The van der Waals surface area contributed by atoms with E-state index in [9.17, 15) is 18.9 Å². The Hall–Kier alpha value is -3.27. The lowest BCUT2D eigenvalue weighted by atomic mass is 10.0. The van der Waals surface area contributed by atoms with Crippen molar-refractivity contribution < 1.29 is 13.7 Å². The Morgan fingerprint density at radius 1 is 1.22 bits per heavy atom. The van der Waals surface area contributed by atoms with Crippen molar-refractivity contribution in [3.63, 3.8) is 0 Å². The van der Waals surface area contributed by atoms with Gasteiger partial charge in [0, 0.05) is 24.8 Å². The number of allylic oxidation sites excluding steroid dienone is 1. The molecule has 0 amide bonds. The van der Waals surface area contributed by atoms with E-state index in [2.05, 4.69) is 16.8 Å². The van der Waals surface area contributed by atoms with Crippen LogP contribution in [0.25, 0.3) is 0 Å². The van der Waals surface area contributed by atoms with Gasteiger partial charge in [-0.05, 0) is 50.1 Å². The van der Waals surface area contributed by atoms with Crippen molar-refractivity contribution >= 4 is 11.5 Å². The zero-order valence-corrected chi connectivity index (χ0v) is 14.7. The van der Waals surface area contributed by atoms with Crippen molar-refractivity contribution in [3.8, 4) is 11.8 Å². The number of rotatable bonds is 2. The topological polar surface area (TPSA) is 59.3 Å². The van der Waals surface area contributed by atoms with Crippen molar-refractivity contribution in [2.75, 3.05) is 18.0 Å². The van der Waals surface area contributed by atoms with Crippen LogP contribution in [0.3, 0.4) is 0 Å². The van der Waals surface area contributed by atoms with Crippen LogP contribution in [0, 0.1) is 40.5 Å². The van der Waals surface area contributed by atoms with Crippen molar-refractivity contribution in [3.05, 3.63) is 75.0 Å². The van der Waals surface area contributed by atoms with Gasteiger partial charge in [0.05, 0.1) is 10.5 Å². The maximum Gasteiger partial charge on any atom is 0.311 e. The van der Waals surface area contributed by atoms with E-state index in [1.165, 1.54) is 6.07 Å². The molecule has 1 aromatic carbocycles. The van der Waals surface area contributed by atoms with E-state index in [0.29, 0.717) is 31.7 Å². The number of anilines is 1. The lowest BCUT2D eigenvalue weighted by molar-refractivity contribution is -0.384. The summed E-state index contributed by atoms with van der Waals surface area (Å²) < 4.78 is 26.7. The molecule has 0 aliphatic carbocycles. The number of pyridine rings is 1. The second-order valence-electron chi connectivity index (χ2n) is 6.24. The van der Waals surface area contributed by atoms with E-state index < -0.39 is 16.6 Å². The molecular weight excluding hydrogens is 352 g/mol. The highest BCUT2D eigenvalue weighted by molar-refractivity contribution is 5.58. The molecule has 1 fully saturated rings. The molecule has 0 spiro atoms. The summed E-state index contributed by atoms with van der Waals surface area (Å²) in [6.07, 6.45) is 3.06. The molecule has 1 aliphatic rings. The number of hydrogen-bond acceptors (Lipinski definition) is 4. The maximum absolute atomic E-state index is 13.6. The van der Waals surface area contributed by atoms with Crippen LogP contribution in [-0.2, 0) is 0 Å². The molecule has 0 N–H and O–H groups in total. The molecule has 27 heavy (non-hydrogen) atoms. The molecule has 0 atom stereocenters. The molecule has 7 heteroatoms. The quantitative estimate of drug-likeness (QED) is 0.453. The standard InChI is InChI=1S/C20H17F2N3O2/c1-14-5-8-19(25(26)27)20(23-14)24-11-9-15(10-12-24)3-2-4-16-13-17(21)6-7-18(16)22/h3,5-8,13H,9-12H2,1H3. The lowest BCUT2D eigenvalue weighted by Gasteiger charge is -2.28. The van der Waals surface area contributed by atoms with Crippen LogP contribution < -0.4 is 4.90 Å². The summed E-state index contributed by atoms with van der Waals surface area (Å²) >= 11 is 0. The van der Waals surface area contributed by atoms with Crippen molar-refractivity contribution in [1.29, 1.82) is 0 Å². The van der Waals surface area contributed by atoms with Crippen LogP contribution in [0.2, 0.25) is 0 Å². The molecule has 138 valence electrons. The zero-order chi connectivity index (χ0) is 19.4. The molecule has 1 aromatic heterocycles. The van der Waals surface area contributed by atoms with Crippen LogP contribution >= 0.6 is 0 Å². The first-order valence-electron chi connectivity index (χ1n) is 8.45. The Morgan fingerprint density at radius 2 is 1.96 bits per heavy atom. The average molecular weight is 369 g/mol. The first-order valence-corrected chi connectivity index (χ1v) is 8.45. The normalized spacial score (nSPS) is 13.7. The third-order valence-electron chi connectivity index (χ3n) is 4.31. The summed E-state index contributed by atoms with van der Waals surface area (Å²) in [5.74, 6) is 4.68. The number of halogens is 2. The van der Waals surface area contributed by atoms with Gasteiger partial charge in [0.2, 0.25) is 5.82 Å². The van der Waals surface area contributed by atoms with E-state index >= 15 is 0 Å². The van der Waals surface area contributed by atoms with Crippen LogP contribution in [0.15, 0.2) is 42.0 Å². The van der Waals surface area contributed by atoms with Crippen LogP contribution in [0.5, 0.6) is 0 Å². The number of aryl methyl sites for hydroxylation is 1. The predicted molar refractivity (Wildman–Crippen MR) is 98.4 cm³/mol. The molecule has 1 saturated heterocycles. The van der Waals surface area contributed by atoms with Crippen LogP contribution in [-0.4, -0.2) is 23.0 Å². The van der Waals surface area contributed by atoms with E-state index in [-0.39, 0.29) is 11.3 Å². The number of aromatic nitrogens is 1. The van der Waals surface area contributed by atoms with Gasteiger partial charge >= 0.3 is 5.69 Å². The van der Waals surface area contributed by atoms with E-state index in [4.69, 9.17) is 0 Å². The summed E-state index contributed by atoms with van der Waals surface area (Å²) in [6.45, 7) is 2.96. The maximum atomic E-state index is 13.6.